The summed E-state index contributed by atoms with van der Waals surface area (Å²) in [5.41, 5.74) is 0.468. The molecule has 0 saturated heterocycles. The minimum Gasteiger partial charge on any atom is -0.454 e. The van der Waals surface area contributed by atoms with Gasteiger partial charge in [-0.1, -0.05) is 23.5 Å². The Balaban J connectivity index is 1.47. The van der Waals surface area contributed by atoms with Gasteiger partial charge in [-0.05, 0) is 50.2 Å². The SMILES string of the molecule is CC(C)(C(=O)Nc1nc2ccccc2s1)n1nc(-c2ccc3c(c2)OCO3)ccc1=O. The van der Waals surface area contributed by atoms with Crippen molar-refractivity contribution in [2.24, 2.45) is 0 Å². The van der Waals surface area contributed by atoms with Crippen molar-refractivity contribution in [3.8, 4) is 22.8 Å². The van der Waals surface area contributed by atoms with E-state index in [1.165, 1.54) is 22.1 Å². The van der Waals surface area contributed by atoms with E-state index >= 15 is 0 Å². The predicted molar refractivity (Wildman–Crippen MR) is 118 cm³/mol. The van der Waals surface area contributed by atoms with Crippen molar-refractivity contribution in [2.45, 2.75) is 19.4 Å². The van der Waals surface area contributed by atoms with Crippen LogP contribution in [0.5, 0.6) is 11.5 Å². The van der Waals surface area contributed by atoms with Crippen molar-refractivity contribution in [1.82, 2.24) is 14.8 Å². The second kappa shape index (κ2) is 7.21. The molecule has 0 radical (unpaired) electrons. The summed E-state index contributed by atoms with van der Waals surface area (Å²) in [6.07, 6.45) is 0. The standard InChI is InChI=1S/C22H18N4O4S/c1-22(2,20(28)24-21-23-15-5-3-4-6-18(15)31-21)26-19(27)10-8-14(25-26)13-7-9-16-17(11-13)30-12-29-16/h3-11H,12H2,1-2H3,(H,23,24,28). The van der Waals surface area contributed by atoms with Crippen molar-refractivity contribution in [3.05, 3.63) is 65.0 Å². The molecule has 0 atom stereocenters. The fraction of sp³-hybridized carbons (Fsp3) is 0.182. The van der Waals surface area contributed by atoms with Gasteiger partial charge in [0.15, 0.2) is 16.6 Å². The third-order valence-electron chi connectivity index (χ3n) is 5.07. The number of nitrogens with zero attached hydrogens (tertiary/aromatic N) is 3. The first-order valence-corrected chi connectivity index (χ1v) is 10.4. The molecule has 156 valence electrons. The first-order chi connectivity index (χ1) is 14.9. The molecule has 2 aromatic heterocycles. The van der Waals surface area contributed by atoms with Crippen molar-refractivity contribution in [1.29, 1.82) is 0 Å². The number of nitrogens with one attached hydrogen (secondary N) is 1. The van der Waals surface area contributed by atoms with E-state index in [-0.39, 0.29) is 18.3 Å². The van der Waals surface area contributed by atoms with Crippen LogP contribution in [0.4, 0.5) is 5.13 Å². The van der Waals surface area contributed by atoms with Crippen LogP contribution in [0.1, 0.15) is 13.8 Å². The summed E-state index contributed by atoms with van der Waals surface area (Å²) in [5.74, 6) is 0.890. The zero-order chi connectivity index (χ0) is 21.6. The van der Waals surface area contributed by atoms with E-state index < -0.39 is 5.54 Å². The van der Waals surface area contributed by atoms with Crippen LogP contribution in [-0.4, -0.2) is 27.5 Å². The Morgan fingerprint density at radius 2 is 1.90 bits per heavy atom. The van der Waals surface area contributed by atoms with Crippen LogP contribution in [0, 0.1) is 0 Å². The number of anilines is 1. The Morgan fingerprint density at radius 1 is 1.10 bits per heavy atom. The third-order valence-corrected chi connectivity index (χ3v) is 6.02. The van der Waals surface area contributed by atoms with E-state index in [1.807, 2.05) is 30.3 Å². The van der Waals surface area contributed by atoms with Crippen LogP contribution in [-0.2, 0) is 10.3 Å². The summed E-state index contributed by atoms with van der Waals surface area (Å²) < 4.78 is 12.9. The molecule has 0 saturated carbocycles. The molecule has 1 aliphatic heterocycles. The molecule has 0 aliphatic carbocycles. The van der Waals surface area contributed by atoms with Crippen LogP contribution < -0.4 is 20.3 Å². The number of para-hydroxylation sites is 1. The molecule has 1 amide bonds. The number of hydrogen-bond donors (Lipinski definition) is 1. The molecule has 0 fully saturated rings. The first kappa shape index (κ1) is 19.3. The van der Waals surface area contributed by atoms with Crippen LogP contribution in [0.25, 0.3) is 21.5 Å². The van der Waals surface area contributed by atoms with Crippen LogP contribution in [0.2, 0.25) is 0 Å². The number of amides is 1. The van der Waals surface area contributed by atoms with Crippen LogP contribution >= 0.6 is 11.3 Å². The highest BCUT2D eigenvalue weighted by Gasteiger charge is 2.33. The van der Waals surface area contributed by atoms with E-state index in [2.05, 4.69) is 15.4 Å². The van der Waals surface area contributed by atoms with Gasteiger partial charge in [-0.2, -0.15) is 5.10 Å². The summed E-state index contributed by atoms with van der Waals surface area (Å²) >= 11 is 1.38. The maximum absolute atomic E-state index is 13.1. The van der Waals surface area contributed by atoms with Crippen molar-refractivity contribution >= 4 is 32.6 Å². The fourth-order valence-electron chi connectivity index (χ4n) is 3.29. The average molecular weight is 434 g/mol. The number of hydrogen-bond acceptors (Lipinski definition) is 7. The molecule has 1 N–H and O–H groups in total. The zero-order valence-corrected chi connectivity index (χ0v) is 17.6. The number of carbonyl (C=O) groups is 1. The smallest absolute Gasteiger partial charge is 0.267 e. The number of aromatic nitrogens is 3. The molecular formula is C22H18N4O4S. The summed E-state index contributed by atoms with van der Waals surface area (Å²) in [4.78, 5) is 30.1. The molecule has 0 spiro atoms. The highest BCUT2D eigenvalue weighted by Crippen LogP contribution is 2.35. The number of carbonyl (C=O) groups excluding carboxylic acids is 1. The zero-order valence-electron chi connectivity index (χ0n) is 16.8. The van der Waals surface area contributed by atoms with Gasteiger partial charge in [0, 0.05) is 11.6 Å². The summed E-state index contributed by atoms with van der Waals surface area (Å²) in [6, 6.07) is 16.1. The number of ether oxygens (including phenoxy) is 2. The van der Waals surface area contributed by atoms with E-state index in [1.54, 1.807) is 32.0 Å². The monoisotopic (exact) mass is 434 g/mol. The van der Waals surface area contributed by atoms with E-state index in [4.69, 9.17) is 9.47 Å². The maximum atomic E-state index is 13.1. The van der Waals surface area contributed by atoms with Gasteiger partial charge >= 0.3 is 0 Å². The van der Waals surface area contributed by atoms with Crippen LogP contribution in [0.15, 0.2) is 59.4 Å². The lowest BCUT2D eigenvalue weighted by Crippen LogP contribution is -2.47. The molecule has 0 bridgehead atoms. The fourth-order valence-corrected chi connectivity index (χ4v) is 4.15. The quantitative estimate of drug-likeness (QED) is 0.527. The molecule has 2 aromatic carbocycles. The number of fused-ring (bicyclic) bond motifs is 2. The van der Waals surface area contributed by atoms with Crippen molar-refractivity contribution in [3.63, 3.8) is 0 Å². The molecule has 31 heavy (non-hydrogen) atoms. The molecule has 5 rings (SSSR count). The lowest BCUT2D eigenvalue weighted by atomic mass is 10.0. The number of benzene rings is 2. The Bertz CT molecular complexity index is 1340. The topological polar surface area (TPSA) is 95.3 Å². The lowest BCUT2D eigenvalue weighted by molar-refractivity contribution is -0.123. The maximum Gasteiger partial charge on any atom is 0.267 e. The minimum atomic E-state index is -1.25. The van der Waals surface area contributed by atoms with Gasteiger partial charge < -0.3 is 9.47 Å². The van der Waals surface area contributed by atoms with Crippen molar-refractivity contribution in [2.75, 3.05) is 12.1 Å². The highest BCUT2D eigenvalue weighted by molar-refractivity contribution is 7.22. The van der Waals surface area contributed by atoms with Gasteiger partial charge in [0.2, 0.25) is 6.79 Å². The molecule has 8 nitrogen and oxygen atoms in total. The normalized spacial score (nSPS) is 12.8. The summed E-state index contributed by atoms with van der Waals surface area (Å²) in [5, 5.41) is 7.77. The van der Waals surface area contributed by atoms with E-state index in [0.29, 0.717) is 22.3 Å². The van der Waals surface area contributed by atoms with Gasteiger partial charge in [-0.25, -0.2) is 9.67 Å². The number of rotatable bonds is 4. The highest BCUT2D eigenvalue weighted by atomic mass is 32.1. The molecule has 9 heteroatoms. The van der Waals surface area contributed by atoms with Crippen LogP contribution in [0.3, 0.4) is 0 Å². The van der Waals surface area contributed by atoms with Gasteiger partial charge in [-0.15, -0.1) is 0 Å². The second-order valence-corrected chi connectivity index (χ2v) is 8.57. The predicted octanol–water partition coefficient (Wildman–Crippen LogP) is 3.62. The summed E-state index contributed by atoms with van der Waals surface area (Å²) in [7, 11) is 0. The Hall–Kier alpha value is -3.72. The Morgan fingerprint density at radius 3 is 2.74 bits per heavy atom. The Labute approximate surface area is 181 Å². The molecule has 4 aromatic rings. The average Bonchev–Trinajstić information content (AvgIpc) is 3.39. The first-order valence-electron chi connectivity index (χ1n) is 9.60. The van der Waals surface area contributed by atoms with Gasteiger partial charge in [0.1, 0.15) is 5.54 Å². The third kappa shape index (κ3) is 3.42. The van der Waals surface area contributed by atoms with Gasteiger partial charge in [0.05, 0.1) is 15.9 Å². The van der Waals surface area contributed by atoms with E-state index in [9.17, 15) is 9.59 Å². The minimum absolute atomic E-state index is 0.171. The van der Waals surface area contributed by atoms with Gasteiger partial charge in [-0.3, -0.25) is 14.9 Å². The lowest BCUT2D eigenvalue weighted by Gasteiger charge is -2.24. The summed E-state index contributed by atoms with van der Waals surface area (Å²) in [6.45, 7) is 3.46. The van der Waals surface area contributed by atoms with Crippen molar-refractivity contribution < 1.29 is 14.3 Å². The molecule has 3 heterocycles. The number of thiazole rings is 1. The molecule has 1 aliphatic rings. The van der Waals surface area contributed by atoms with E-state index in [0.717, 1.165) is 15.8 Å². The molecule has 0 unspecified atom stereocenters. The molecular weight excluding hydrogens is 416 g/mol. The second-order valence-electron chi connectivity index (χ2n) is 7.54. The van der Waals surface area contributed by atoms with Gasteiger partial charge in [0.25, 0.3) is 11.5 Å². The Kier molecular flexibility index (Phi) is 4.48. The largest absolute Gasteiger partial charge is 0.454 e.